The molecule has 1 heterocycles. The van der Waals surface area contributed by atoms with Crippen molar-refractivity contribution in [3.63, 3.8) is 0 Å². The zero-order valence-electron chi connectivity index (χ0n) is 15.3. The van der Waals surface area contributed by atoms with Crippen LogP contribution in [0.2, 0.25) is 0 Å². The third-order valence-electron chi connectivity index (χ3n) is 4.20. The molecule has 146 valence electrons. The van der Waals surface area contributed by atoms with Crippen LogP contribution in [-0.4, -0.2) is 45.6 Å². The van der Waals surface area contributed by atoms with Gasteiger partial charge in [0.1, 0.15) is 6.10 Å². The largest absolute Gasteiger partial charge is 0.481 e. The standard InChI is InChI=1S/C20H30O6/c1-2-3-6-9-15(21)12-13-18-16(17(22)14-20(25)26-18)10-7-4-5-8-11-19(23)24/h3-4,6-7,12-13,15-18,21-22H,2,5,8-11,14H2,1H3,(H,23,24)/b6-3-,7-4-,13-12+/t15-,16-,17-,18-/m1/s1. The molecule has 4 atom stereocenters. The van der Waals surface area contributed by atoms with Gasteiger partial charge in [0.05, 0.1) is 18.6 Å². The van der Waals surface area contributed by atoms with E-state index in [0.717, 1.165) is 6.42 Å². The van der Waals surface area contributed by atoms with E-state index in [1.54, 1.807) is 12.2 Å². The SMILES string of the molecule is CC/C=C\C[C@@H](O)/C=C/[C@H]1OC(=O)C[C@@H](O)[C@H]1C/C=C\CCCC(=O)O. The number of rotatable bonds is 11. The van der Waals surface area contributed by atoms with Gasteiger partial charge in [-0.25, -0.2) is 0 Å². The molecule has 0 saturated carbocycles. The number of unbranched alkanes of at least 4 members (excludes halogenated alkanes) is 1. The van der Waals surface area contributed by atoms with Gasteiger partial charge in [-0.1, -0.05) is 37.3 Å². The summed E-state index contributed by atoms with van der Waals surface area (Å²) in [5, 5.41) is 28.7. The van der Waals surface area contributed by atoms with Gasteiger partial charge in [0.15, 0.2) is 0 Å². The highest BCUT2D eigenvalue weighted by Crippen LogP contribution is 2.27. The predicted octanol–water partition coefficient (Wildman–Crippen LogP) is 2.75. The molecule has 0 radical (unpaired) electrons. The van der Waals surface area contributed by atoms with E-state index in [2.05, 4.69) is 0 Å². The van der Waals surface area contributed by atoms with Crippen LogP contribution in [0.4, 0.5) is 0 Å². The van der Waals surface area contributed by atoms with Crippen molar-refractivity contribution in [3.8, 4) is 0 Å². The summed E-state index contributed by atoms with van der Waals surface area (Å²) in [6.45, 7) is 2.02. The van der Waals surface area contributed by atoms with Crippen molar-refractivity contribution in [2.24, 2.45) is 5.92 Å². The van der Waals surface area contributed by atoms with Gasteiger partial charge in [0.2, 0.25) is 0 Å². The van der Waals surface area contributed by atoms with Crippen LogP contribution < -0.4 is 0 Å². The number of ether oxygens (including phenoxy) is 1. The maximum Gasteiger partial charge on any atom is 0.309 e. The molecule has 0 aromatic carbocycles. The Hall–Kier alpha value is -1.92. The fraction of sp³-hybridized carbons (Fsp3) is 0.600. The van der Waals surface area contributed by atoms with Crippen molar-refractivity contribution < 1.29 is 29.6 Å². The molecule has 1 saturated heterocycles. The molecule has 6 heteroatoms. The second-order valence-corrected chi connectivity index (χ2v) is 6.45. The van der Waals surface area contributed by atoms with Gasteiger partial charge in [-0.05, 0) is 38.2 Å². The number of carbonyl (C=O) groups is 2. The number of aliphatic carboxylic acids is 1. The van der Waals surface area contributed by atoms with Crippen LogP contribution >= 0.6 is 0 Å². The zero-order chi connectivity index (χ0) is 19.4. The number of allylic oxidation sites excluding steroid dienone is 3. The minimum Gasteiger partial charge on any atom is -0.481 e. The number of esters is 1. The Bertz CT molecular complexity index is 522. The molecule has 0 aromatic rings. The molecule has 1 fully saturated rings. The topological polar surface area (TPSA) is 104 Å². The van der Waals surface area contributed by atoms with E-state index in [1.807, 2.05) is 31.2 Å². The van der Waals surface area contributed by atoms with Crippen molar-refractivity contribution in [2.45, 2.75) is 70.2 Å². The lowest BCUT2D eigenvalue weighted by Gasteiger charge is -2.32. The fourth-order valence-corrected chi connectivity index (χ4v) is 2.76. The van der Waals surface area contributed by atoms with Gasteiger partial charge >= 0.3 is 11.9 Å². The third kappa shape index (κ3) is 8.97. The van der Waals surface area contributed by atoms with E-state index in [-0.39, 0.29) is 18.8 Å². The van der Waals surface area contributed by atoms with Crippen LogP contribution in [0.5, 0.6) is 0 Å². The van der Waals surface area contributed by atoms with Crippen molar-refractivity contribution >= 4 is 11.9 Å². The summed E-state index contributed by atoms with van der Waals surface area (Å²) in [6.07, 6.45) is 12.1. The smallest absolute Gasteiger partial charge is 0.309 e. The molecule has 1 rings (SSSR count). The van der Waals surface area contributed by atoms with Crippen molar-refractivity contribution in [3.05, 3.63) is 36.5 Å². The number of cyclic esters (lactones) is 1. The average Bonchev–Trinajstić information content (AvgIpc) is 2.57. The molecule has 0 aliphatic carbocycles. The molecule has 0 aromatic heterocycles. The zero-order valence-corrected chi connectivity index (χ0v) is 15.3. The molecule has 6 nitrogen and oxygen atoms in total. The van der Waals surface area contributed by atoms with Crippen LogP contribution in [0.3, 0.4) is 0 Å². The second kappa shape index (κ2) is 12.4. The van der Waals surface area contributed by atoms with Gasteiger partial charge in [0.25, 0.3) is 0 Å². The summed E-state index contributed by atoms with van der Waals surface area (Å²) < 4.78 is 5.33. The van der Waals surface area contributed by atoms with Crippen LogP contribution in [0.1, 0.15) is 51.9 Å². The lowest BCUT2D eigenvalue weighted by atomic mass is 9.87. The number of hydrogen-bond acceptors (Lipinski definition) is 5. The quantitative estimate of drug-likeness (QED) is 0.295. The van der Waals surface area contributed by atoms with Crippen molar-refractivity contribution in [2.75, 3.05) is 0 Å². The van der Waals surface area contributed by atoms with E-state index in [9.17, 15) is 19.8 Å². The van der Waals surface area contributed by atoms with Crippen LogP contribution in [0.25, 0.3) is 0 Å². The molecule has 1 aliphatic rings. The highest BCUT2D eigenvalue weighted by molar-refractivity contribution is 5.71. The first-order valence-electron chi connectivity index (χ1n) is 9.19. The molecule has 26 heavy (non-hydrogen) atoms. The summed E-state index contributed by atoms with van der Waals surface area (Å²) in [7, 11) is 0. The molecule has 0 spiro atoms. The van der Waals surface area contributed by atoms with Crippen LogP contribution in [0.15, 0.2) is 36.5 Å². The molecule has 3 N–H and O–H groups in total. The van der Waals surface area contributed by atoms with E-state index in [1.165, 1.54) is 0 Å². The highest BCUT2D eigenvalue weighted by atomic mass is 16.5. The monoisotopic (exact) mass is 366 g/mol. The lowest BCUT2D eigenvalue weighted by Crippen LogP contribution is -2.41. The number of carboxylic acid groups (broad SMARTS) is 1. The Labute approximate surface area is 154 Å². The fourth-order valence-electron chi connectivity index (χ4n) is 2.76. The van der Waals surface area contributed by atoms with Gasteiger partial charge in [-0.15, -0.1) is 0 Å². The van der Waals surface area contributed by atoms with E-state index in [4.69, 9.17) is 9.84 Å². The van der Waals surface area contributed by atoms with E-state index < -0.39 is 30.3 Å². The van der Waals surface area contributed by atoms with Gasteiger partial charge < -0.3 is 20.1 Å². The summed E-state index contributed by atoms with van der Waals surface area (Å²) in [4.78, 5) is 22.1. The number of carboxylic acids is 1. The molecular formula is C20H30O6. The summed E-state index contributed by atoms with van der Waals surface area (Å²) in [5.41, 5.74) is 0. The first-order chi connectivity index (χ1) is 12.4. The van der Waals surface area contributed by atoms with Gasteiger partial charge in [-0.3, -0.25) is 9.59 Å². The molecule has 0 amide bonds. The Balaban J connectivity index is 2.58. The highest BCUT2D eigenvalue weighted by Gasteiger charge is 2.35. The van der Waals surface area contributed by atoms with Crippen LogP contribution in [0, 0.1) is 5.92 Å². The maximum absolute atomic E-state index is 11.6. The first-order valence-corrected chi connectivity index (χ1v) is 9.19. The van der Waals surface area contributed by atoms with Gasteiger partial charge in [-0.2, -0.15) is 0 Å². The number of carbonyl (C=O) groups excluding carboxylic acids is 1. The first kappa shape index (κ1) is 22.1. The van der Waals surface area contributed by atoms with Crippen molar-refractivity contribution in [1.29, 1.82) is 0 Å². The number of hydrogen-bond donors (Lipinski definition) is 3. The Morgan fingerprint density at radius 1 is 1.31 bits per heavy atom. The Morgan fingerprint density at radius 2 is 2.08 bits per heavy atom. The normalized spacial score (nSPS) is 25.2. The predicted molar refractivity (Wildman–Crippen MR) is 98.4 cm³/mol. The summed E-state index contributed by atoms with van der Waals surface area (Å²) >= 11 is 0. The second-order valence-electron chi connectivity index (χ2n) is 6.45. The van der Waals surface area contributed by atoms with E-state index >= 15 is 0 Å². The maximum atomic E-state index is 11.6. The van der Waals surface area contributed by atoms with E-state index in [0.29, 0.717) is 25.7 Å². The Morgan fingerprint density at radius 3 is 2.77 bits per heavy atom. The summed E-state index contributed by atoms with van der Waals surface area (Å²) in [6, 6.07) is 0. The molecule has 1 aliphatic heterocycles. The molecule has 0 bridgehead atoms. The summed E-state index contributed by atoms with van der Waals surface area (Å²) in [5.74, 6) is -1.54. The third-order valence-corrected chi connectivity index (χ3v) is 4.20. The number of aliphatic hydroxyl groups excluding tert-OH is 2. The minimum absolute atomic E-state index is 0.0380. The van der Waals surface area contributed by atoms with Gasteiger partial charge in [0, 0.05) is 12.3 Å². The minimum atomic E-state index is -0.814. The molecular weight excluding hydrogens is 336 g/mol. The number of aliphatic hydroxyl groups is 2. The van der Waals surface area contributed by atoms with Crippen LogP contribution in [-0.2, 0) is 14.3 Å². The average molecular weight is 366 g/mol. The lowest BCUT2D eigenvalue weighted by molar-refractivity contribution is -0.163. The Kier molecular flexibility index (Phi) is 10.6. The molecule has 0 unspecified atom stereocenters. The van der Waals surface area contributed by atoms with Crippen molar-refractivity contribution in [1.82, 2.24) is 0 Å².